The number of carbonyl (C=O) groups is 2. The maximum absolute atomic E-state index is 12.1. The van der Waals surface area contributed by atoms with Crippen LogP contribution in [0.3, 0.4) is 0 Å². The molecular weight excluding hydrogens is 360 g/mol. The van der Waals surface area contributed by atoms with Crippen molar-refractivity contribution in [1.82, 2.24) is 14.5 Å². The topological polar surface area (TPSA) is 67.2 Å². The van der Waals surface area contributed by atoms with Crippen molar-refractivity contribution in [1.29, 1.82) is 0 Å². The highest BCUT2D eigenvalue weighted by Crippen LogP contribution is 2.19. The number of aryl methyl sites for hydroxylation is 2. The summed E-state index contributed by atoms with van der Waals surface area (Å²) in [6.45, 7) is 2.50. The van der Waals surface area contributed by atoms with Crippen molar-refractivity contribution < 1.29 is 9.59 Å². The summed E-state index contributed by atoms with van der Waals surface area (Å²) in [5.41, 5.74) is 1.71. The first-order valence-corrected chi connectivity index (χ1v) is 8.00. The lowest BCUT2D eigenvalue weighted by molar-refractivity contribution is -0.133. The molecule has 0 spiro atoms. The molecule has 122 valence electrons. The van der Waals surface area contributed by atoms with Crippen molar-refractivity contribution in [2.24, 2.45) is 0 Å². The summed E-state index contributed by atoms with van der Waals surface area (Å²) >= 11 is 3.38. The molecule has 0 fully saturated rings. The molecule has 0 unspecified atom stereocenters. The molecule has 0 radical (unpaired) electrons. The Labute approximate surface area is 143 Å². The molecule has 0 aliphatic carbocycles. The number of nitrogens with zero attached hydrogens (tertiary/aromatic N) is 3. The van der Waals surface area contributed by atoms with Crippen LogP contribution in [-0.4, -0.2) is 39.9 Å². The first kappa shape index (κ1) is 17.2. The van der Waals surface area contributed by atoms with Crippen LogP contribution < -0.4 is 5.32 Å². The highest BCUT2D eigenvalue weighted by atomic mass is 79.9. The molecule has 1 aromatic heterocycles. The second-order valence-corrected chi connectivity index (χ2v) is 6.22. The number of nitrogens with one attached hydrogen (secondary N) is 1. The smallest absolute Gasteiger partial charge is 0.243 e. The van der Waals surface area contributed by atoms with Crippen molar-refractivity contribution in [3.8, 4) is 0 Å². The zero-order valence-corrected chi connectivity index (χ0v) is 14.7. The Morgan fingerprint density at radius 1 is 1.39 bits per heavy atom. The first-order valence-electron chi connectivity index (χ1n) is 7.21. The van der Waals surface area contributed by atoms with Gasteiger partial charge in [0.15, 0.2) is 0 Å². The number of amides is 2. The number of hydrogen-bond donors (Lipinski definition) is 1. The standard InChI is InChI=1S/C16H19BrN4O2/c1-12-9-13(17)3-4-14(12)19-15(22)10-20(2)16(23)5-7-21-8-6-18-11-21/h3-4,6,8-9,11H,5,7,10H2,1-2H3,(H,19,22). The zero-order chi connectivity index (χ0) is 16.8. The van der Waals surface area contributed by atoms with Crippen LogP contribution in [0.15, 0.2) is 41.4 Å². The molecular formula is C16H19BrN4O2. The van der Waals surface area contributed by atoms with E-state index in [2.05, 4.69) is 26.2 Å². The number of likely N-dealkylation sites (N-methyl/N-ethyl adjacent to an activating group) is 1. The van der Waals surface area contributed by atoms with Crippen LogP contribution in [-0.2, 0) is 16.1 Å². The minimum atomic E-state index is -0.214. The average Bonchev–Trinajstić information content (AvgIpc) is 3.01. The minimum absolute atomic E-state index is 0.0261. The van der Waals surface area contributed by atoms with Crippen LogP contribution in [0.25, 0.3) is 0 Å². The van der Waals surface area contributed by atoms with E-state index in [9.17, 15) is 9.59 Å². The van der Waals surface area contributed by atoms with Crippen molar-refractivity contribution in [2.45, 2.75) is 19.9 Å². The minimum Gasteiger partial charge on any atom is -0.337 e. The molecule has 0 aliphatic rings. The molecule has 2 aromatic rings. The van der Waals surface area contributed by atoms with Gasteiger partial charge in [-0.1, -0.05) is 15.9 Å². The fourth-order valence-corrected chi connectivity index (χ4v) is 2.57. The Morgan fingerprint density at radius 2 is 2.17 bits per heavy atom. The van der Waals surface area contributed by atoms with E-state index in [0.29, 0.717) is 13.0 Å². The normalized spacial score (nSPS) is 10.4. The highest BCUT2D eigenvalue weighted by Gasteiger charge is 2.13. The summed E-state index contributed by atoms with van der Waals surface area (Å²) in [4.78, 5) is 29.5. The van der Waals surface area contributed by atoms with Crippen LogP contribution in [0.5, 0.6) is 0 Å². The third kappa shape index (κ3) is 5.21. The Balaban J connectivity index is 1.82. The van der Waals surface area contributed by atoms with Gasteiger partial charge in [-0.2, -0.15) is 0 Å². The van der Waals surface area contributed by atoms with Gasteiger partial charge in [0.2, 0.25) is 11.8 Å². The van der Waals surface area contributed by atoms with E-state index >= 15 is 0 Å². The van der Waals surface area contributed by atoms with Crippen molar-refractivity contribution in [2.75, 3.05) is 18.9 Å². The lowest BCUT2D eigenvalue weighted by Gasteiger charge is -2.17. The average molecular weight is 379 g/mol. The second-order valence-electron chi connectivity index (χ2n) is 5.31. The van der Waals surface area contributed by atoms with Crippen molar-refractivity contribution in [3.05, 3.63) is 47.0 Å². The molecule has 0 saturated carbocycles. The Morgan fingerprint density at radius 3 is 2.83 bits per heavy atom. The van der Waals surface area contributed by atoms with E-state index in [0.717, 1.165) is 15.7 Å². The number of rotatable bonds is 6. The number of anilines is 1. The lowest BCUT2D eigenvalue weighted by Crippen LogP contribution is -2.35. The van der Waals surface area contributed by atoms with Crippen LogP contribution in [0, 0.1) is 6.92 Å². The number of aromatic nitrogens is 2. The van der Waals surface area contributed by atoms with E-state index in [4.69, 9.17) is 0 Å². The molecule has 0 atom stereocenters. The van der Waals surface area contributed by atoms with Gasteiger partial charge in [0, 0.05) is 42.6 Å². The highest BCUT2D eigenvalue weighted by molar-refractivity contribution is 9.10. The first-order chi connectivity index (χ1) is 11.0. The third-order valence-electron chi connectivity index (χ3n) is 3.41. The van der Waals surface area contributed by atoms with Crippen molar-refractivity contribution >= 4 is 33.4 Å². The summed E-state index contributed by atoms with van der Waals surface area (Å²) in [6.07, 6.45) is 5.46. The van der Waals surface area contributed by atoms with Gasteiger partial charge in [-0.05, 0) is 30.7 Å². The Kier molecular flexibility index (Phi) is 5.92. The third-order valence-corrected chi connectivity index (χ3v) is 3.91. The van der Waals surface area contributed by atoms with Crippen LogP contribution in [0.2, 0.25) is 0 Å². The summed E-state index contributed by atoms with van der Waals surface area (Å²) in [5.74, 6) is -0.296. The quantitative estimate of drug-likeness (QED) is 0.839. The van der Waals surface area contributed by atoms with Gasteiger partial charge in [0.25, 0.3) is 0 Å². The molecule has 0 bridgehead atoms. The van der Waals surface area contributed by atoms with E-state index in [1.807, 2.05) is 29.7 Å². The number of imidazole rings is 1. The summed E-state index contributed by atoms with van der Waals surface area (Å²) in [6, 6.07) is 5.62. The fraction of sp³-hybridized carbons (Fsp3) is 0.312. The number of halogens is 1. The number of hydrogen-bond acceptors (Lipinski definition) is 3. The maximum atomic E-state index is 12.1. The SMILES string of the molecule is Cc1cc(Br)ccc1NC(=O)CN(C)C(=O)CCn1ccnc1. The van der Waals surface area contributed by atoms with E-state index < -0.39 is 0 Å². The van der Waals surface area contributed by atoms with Gasteiger partial charge in [-0.25, -0.2) is 4.98 Å². The molecule has 1 aromatic carbocycles. The van der Waals surface area contributed by atoms with Gasteiger partial charge in [0.1, 0.15) is 0 Å². The Bertz CT molecular complexity index is 685. The molecule has 7 heteroatoms. The van der Waals surface area contributed by atoms with E-state index in [-0.39, 0.29) is 18.4 Å². The Hall–Kier alpha value is -2.15. The molecule has 1 heterocycles. The van der Waals surface area contributed by atoms with Gasteiger partial charge < -0.3 is 14.8 Å². The van der Waals surface area contributed by atoms with Crippen LogP contribution in [0.1, 0.15) is 12.0 Å². The lowest BCUT2D eigenvalue weighted by atomic mass is 10.2. The van der Waals surface area contributed by atoms with Crippen LogP contribution >= 0.6 is 15.9 Å². The monoisotopic (exact) mass is 378 g/mol. The molecule has 6 nitrogen and oxygen atoms in total. The van der Waals surface area contributed by atoms with E-state index in [1.54, 1.807) is 25.8 Å². The van der Waals surface area contributed by atoms with E-state index in [1.165, 1.54) is 4.90 Å². The predicted octanol–water partition coefficient (Wildman–Crippen LogP) is 2.44. The summed E-state index contributed by atoms with van der Waals surface area (Å²) < 4.78 is 2.79. The van der Waals surface area contributed by atoms with Gasteiger partial charge in [0.05, 0.1) is 12.9 Å². The molecule has 2 rings (SSSR count). The van der Waals surface area contributed by atoms with Crippen LogP contribution in [0.4, 0.5) is 5.69 Å². The second kappa shape index (κ2) is 7.92. The molecule has 0 aliphatic heterocycles. The maximum Gasteiger partial charge on any atom is 0.243 e. The summed E-state index contributed by atoms with van der Waals surface area (Å²) in [7, 11) is 1.63. The molecule has 23 heavy (non-hydrogen) atoms. The number of carbonyl (C=O) groups excluding carboxylic acids is 2. The van der Waals surface area contributed by atoms with Crippen molar-refractivity contribution in [3.63, 3.8) is 0 Å². The van der Waals surface area contributed by atoms with Gasteiger partial charge in [-0.15, -0.1) is 0 Å². The molecule has 0 saturated heterocycles. The van der Waals surface area contributed by atoms with Gasteiger partial charge >= 0.3 is 0 Å². The number of benzene rings is 1. The fourth-order valence-electron chi connectivity index (χ4n) is 2.10. The van der Waals surface area contributed by atoms with Gasteiger partial charge in [-0.3, -0.25) is 9.59 Å². The molecule has 1 N–H and O–H groups in total. The zero-order valence-electron chi connectivity index (χ0n) is 13.1. The predicted molar refractivity (Wildman–Crippen MR) is 92.0 cm³/mol. The molecule has 2 amide bonds. The largest absolute Gasteiger partial charge is 0.337 e. The summed E-state index contributed by atoms with van der Waals surface area (Å²) in [5, 5.41) is 2.82.